The first-order valence-electron chi connectivity index (χ1n) is 7.49. The number of rotatable bonds is 8. The summed E-state index contributed by atoms with van der Waals surface area (Å²) in [4.78, 5) is 0.0489. The molecule has 0 radical (unpaired) electrons. The van der Waals surface area contributed by atoms with Crippen LogP contribution in [0.2, 0.25) is 0 Å². The summed E-state index contributed by atoms with van der Waals surface area (Å²) in [7, 11) is -3.66. The molecule has 1 aromatic carbocycles. The van der Waals surface area contributed by atoms with Crippen LogP contribution in [0.15, 0.2) is 23.1 Å². The lowest BCUT2D eigenvalue weighted by molar-refractivity contribution is 0.568. The van der Waals surface area contributed by atoms with Crippen molar-refractivity contribution in [2.45, 2.75) is 50.6 Å². The predicted molar refractivity (Wildman–Crippen MR) is 80.9 cm³/mol. The summed E-state index contributed by atoms with van der Waals surface area (Å²) < 4.78 is 41.0. The number of benzene rings is 1. The van der Waals surface area contributed by atoms with Gasteiger partial charge in [-0.15, -0.1) is 0 Å². The average Bonchev–Trinajstić information content (AvgIpc) is 3.18. The summed E-state index contributed by atoms with van der Waals surface area (Å²) in [6, 6.07) is 3.94. The molecule has 1 aromatic rings. The van der Waals surface area contributed by atoms with E-state index in [-0.39, 0.29) is 10.9 Å². The zero-order valence-corrected chi connectivity index (χ0v) is 13.3. The van der Waals surface area contributed by atoms with Crippen molar-refractivity contribution in [1.82, 2.24) is 10.0 Å². The highest BCUT2D eigenvalue weighted by molar-refractivity contribution is 7.89. The molecule has 2 rings (SSSR count). The Morgan fingerprint density at radius 1 is 1.33 bits per heavy atom. The lowest BCUT2D eigenvalue weighted by Gasteiger charge is -2.12. The number of halogens is 1. The smallest absolute Gasteiger partial charge is 0.241 e. The van der Waals surface area contributed by atoms with Crippen molar-refractivity contribution in [2.75, 3.05) is 6.54 Å². The molecule has 2 N–H and O–H groups in total. The number of sulfonamides is 1. The molecule has 0 heterocycles. The maximum atomic E-state index is 13.4. The monoisotopic (exact) mass is 314 g/mol. The van der Waals surface area contributed by atoms with Gasteiger partial charge < -0.3 is 5.32 Å². The van der Waals surface area contributed by atoms with Gasteiger partial charge in [0.1, 0.15) is 5.82 Å². The minimum absolute atomic E-state index is 0.000261. The second-order valence-electron chi connectivity index (χ2n) is 5.56. The predicted octanol–water partition coefficient (Wildman–Crippen LogP) is 2.40. The molecule has 0 bridgehead atoms. The standard InChI is InChI=1S/C15H23FN2O2S/c1-3-7-17-10-12-5-6-13(16)9-15(12)21(19,20)18-14-8-11(14)4-2/h5-6,9,11,14,17-18H,3-4,7-8,10H2,1-2H3. The second kappa shape index (κ2) is 6.85. The van der Waals surface area contributed by atoms with Crippen LogP contribution >= 0.6 is 0 Å². The minimum atomic E-state index is -3.66. The van der Waals surface area contributed by atoms with Crippen molar-refractivity contribution in [3.8, 4) is 0 Å². The Morgan fingerprint density at radius 3 is 2.71 bits per heavy atom. The van der Waals surface area contributed by atoms with Gasteiger partial charge in [0.05, 0.1) is 4.90 Å². The first kappa shape index (κ1) is 16.4. The van der Waals surface area contributed by atoms with Crippen LogP contribution in [0.4, 0.5) is 4.39 Å². The topological polar surface area (TPSA) is 58.2 Å². The van der Waals surface area contributed by atoms with Gasteiger partial charge in [-0.05, 0) is 43.0 Å². The van der Waals surface area contributed by atoms with Gasteiger partial charge in [0, 0.05) is 12.6 Å². The van der Waals surface area contributed by atoms with E-state index in [0.717, 1.165) is 31.9 Å². The Labute approximate surface area is 126 Å². The molecule has 0 aliphatic heterocycles. The van der Waals surface area contributed by atoms with Gasteiger partial charge in [0.2, 0.25) is 10.0 Å². The highest BCUT2D eigenvalue weighted by Crippen LogP contribution is 2.34. The highest BCUT2D eigenvalue weighted by atomic mass is 32.2. The summed E-state index contributed by atoms with van der Waals surface area (Å²) in [6.45, 7) is 5.30. The van der Waals surface area contributed by atoms with Crippen molar-refractivity contribution in [1.29, 1.82) is 0 Å². The lowest BCUT2D eigenvalue weighted by Crippen LogP contribution is -2.29. The fraction of sp³-hybridized carbons (Fsp3) is 0.600. The van der Waals surface area contributed by atoms with Crippen molar-refractivity contribution in [3.05, 3.63) is 29.6 Å². The van der Waals surface area contributed by atoms with E-state index in [9.17, 15) is 12.8 Å². The van der Waals surface area contributed by atoms with E-state index in [2.05, 4.69) is 10.0 Å². The molecule has 0 amide bonds. The van der Waals surface area contributed by atoms with Gasteiger partial charge in [-0.1, -0.05) is 26.3 Å². The summed E-state index contributed by atoms with van der Waals surface area (Å²) in [6.07, 6.45) is 2.79. The van der Waals surface area contributed by atoms with Crippen LogP contribution in [0.25, 0.3) is 0 Å². The molecule has 1 aliphatic carbocycles. The minimum Gasteiger partial charge on any atom is -0.313 e. The van der Waals surface area contributed by atoms with Gasteiger partial charge in [-0.25, -0.2) is 17.5 Å². The maximum Gasteiger partial charge on any atom is 0.241 e. The van der Waals surface area contributed by atoms with Crippen molar-refractivity contribution >= 4 is 10.0 Å². The third-order valence-electron chi connectivity index (χ3n) is 3.81. The number of hydrogen-bond donors (Lipinski definition) is 2. The molecular formula is C15H23FN2O2S. The van der Waals surface area contributed by atoms with Crippen molar-refractivity contribution < 1.29 is 12.8 Å². The summed E-state index contributed by atoms with van der Waals surface area (Å²) in [5.41, 5.74) is 0.603. The van der Waals surface area contributed by atoms with E-state index >= 15 is 0 Å². The van der Waals surface area contributed by atoms with Crippen LogP contribution < -0.4 is 10.0 Å². The Bertz CT molecular complexity index is 589. The van der Waals surface area contributed by atoms with Crippen LogP contribution in [0.3, 0.4) is 0 Å². The number of nitrogens with one attached hydrogen (secondary N) is 2. The normalized spacial score (nSPS) is 21.5. The third kappa shape index (κ3) is 4.25. The SMILES string of the molecule is CCCNCc1ccc(F)cc1S(=O)(=O)NC1CC1CC. The molecule has 0 spiro atoms. The quantitative estimate of drug-likeness (QED) is 0.725. The fourth-order valence-corrected chi connectivity index (χ4v) is 4.00. The third-order valence-corrected chi connectivity index (χ3v) is 5.39. The number of hydrogen-bond acceptors (Lipinski definition) is 3. The van der Waals surface area contributed by atoms with E-state index in [4.69, 9.17) is 0 Å². The lowest BCUT2D eigenvalue weighted by atomic mass is 10.2. The molecule has 1 aliphatic rings. The Morgan fingerprint density at radius 2 is 2.10 bits per heavy atom. The summed E-state index contributed by atoms with van der Waals surface area (Å²) in [5, 5.41) is 3.16. The van der Waals surface area contributed by atoms with E-state index in [1.165, 1.54) is 12.1 Å². The Kier molecular flexibility index (Phi) is 5.35. The molecule has 0 saturated heterocycles. The molecule has 2 unspecified atom stereocenters. The van der Waals surface area contributed by atoms with E-state index in [1.54, 1.807) is 0 Å². The molecular weight excluding hydrogens is 291 g/mol. The Balaban J connectivity index is 2.17. The molecule has 118 valence electrons. The van der Waals surface area contributed by atoms with Crippen LogP contribution in [-0.2, 0) is 16.6 Å². The molecule has 4 nitrogen and oxygen atoms in total. The molecule has 1 fully saturated rings. The molecule has 21 heavy (non-hydrogen) atoms. The Hall–Kier alpha value is -0.980. The molecule has 1 saturated carbocycles. The van der Waals surface area contributed by atoms with Gasteiger partial charge in [0.25, 0.3) is 0 Å². The van der Waals surface area contributed by atoms with Crippen molar-refractivity contribution in [2.24, 2.45) is 5.92 Å². The summed E-state index contributed by atoms with van der Waals surface area (Å²) in [5.74, 6) is -0.118. The van der Waals surface area contributed by atoms with Gasteiger partial charge in [-0.3, -0.25) is 0 Å². The zero-order valence-electron chi connectivity index (χ0n) is 12.5. The van der Waals surface area contributed by atoms with Crippen LogP contribution in [0.5, 0.6) is 0 Å². The van der Waals surface area contributed by atoms with Gasteiger partial charge in [0.15, 0.2) is 0 Å². The van der Waals surface area contributed by atoms with Crippen molar-refractivity contribution in [3.63, 3.8) is 0 Å². The second-order valence-corrected chi connectivity index (χ2v) is 7.24. The summed E-state index contributed by atoms with van der Waals surface area (Å²) >= 11 is 0. The zero-order chi connectivity index (χ0) is 15.5. The van der Waals surface area contributed by atoms with E-state index in [1.807, 2.05) is 13.8 Å². The van der Waals surface area contributed by atoms with E-state index in [0.29, 0.717) is 18.0 Å². The average molecular weight is 314 g/mol. The van der Waals surface area contributed by atoms with E-state index < -0.39 is 15.8 Å². The first-order valence-corrected chi connectivity index (χ1v) is 8.97. The van der Waals surface area contributed by atoms with Crippen LogP contribution in [-0.4, -0.2) is 21.0 Å². The molecule has 0 aromatic heterocycles. The van der Waals surface area contributed by atoms with Gasteiger partial charge >= 0.3 is 0 Å². The first-order chi connectivity index (χ1) is 9.97. The van der Waals surface area contributed by atoms with Crippen LogP contribution in [0, 0.1) is 11.7 Å². The molecule has 2 atom stereocenters. The highest BCUT2D eigenvalue weighted by Gasteiger charge is 2.39. The largest absolute Gasteiger partial charge is 0.313 e. The van der Waals surface area contributed by atoms with Crippen LogP contribution in [0.1, 0.15) is 38.7 Å². The fourth-order valence-electron chi connectivity index (χ4n) is 2.43. The van der Waals surface area contributed by atoms with Gasteiger partial charge in [-0.2, -0.15) is 0 Å². The maximum absolute atomic E-state index is 13.4. The molecule has 6 heteroatoms.